The summed E-state index contributed by atoms with van der Waals surface area (Å²) in [5.74, 6) is -1.85. The van der Waals surface area contributed by atoms with Gasteiger partial charge in [0, 0.05) is 17.3 Å². The maximum absolute atomic E-state index is 13.7. The lowest BCUT2D eigenvalue weighted by Crippen LogP contribution is -2.54. The number of imide groups is 1. The highest BCUT2D eigenvalue weighted by Crippen LogP contribution is 2.53. The Bertz CT molecular complexity index is 1180. The number of ether oxygens (including phenoxy) is 2. The van der Waals surface area contributed by atoms with Crippen molar-refractivity contribution in [2.24, 2.45) is 11.8 Å². The van der Waals surface area contributed by atoms with E-state index in [2.05, 4.69) is 10.6 Å². The van der Waals surface area contributed by atoms with Gasteiger partial charge in [0.2, 0.25) is 24.5 Å². The smallest absolute Gasteiger partial charge is 0.250 e. The first kappa shape index (κ1) is 19.3. The lowest BCUT2D eigenvalue weighted by molar-refractivity contribution is -0.143. The van der Waals surface area contributed by atoms with Crippen molar-refractivity contribution in [3.8, 4) is 11.5 Å². The number of hydrogen-bond acceptors (Lipinski definition) is 7. The van der Waals surface area contributed by atoms with Crippen molar-refractivity contribution in [1.82, 2.24) is 10.2 Å². The minimum absolute atomic E-state index is 0.0488. The van der Waals surface area contributed by atoms with Crippen molar-refractivity contribution in [2.75, 3.05) is 12.1 Å². The highest BCUT2D eigenvalue weighted by atomic mass is 16.7. The highest BCUT2D eigenvalue weighted by Gasteiger charge is 2.71. The molecule has 0 aromatic heterocycles. The minimum Gasteiger partial charge on any atom is -0.454 e. The molecule has 164 valence electrons. The van der Waals surface area contributed by atoms with Crippen molar-refractivity contribution < 1.29 is 29.0 Å². The third-order valence-corrected chi connectivity index (χ3v) is 6.95. The van der Waals surface area contributed by atoms with Gasteiger partial charge in [-0.3, -0.25) is 24.6 Å². The van der Waals surface area contributed by atoms with Crippen LogP contribution in [0.1, 0.15) is 18.1 Å². The van der Waals surface area contributed by atoms with E-state index >= 15 is 0 Å². The third kappa shape index (κ3) is 2.37. The molecule has 3 N–H and O–H groups in total. The Hall–Kier alpha value is -3.43. The van der Waals surface area contributed by atoms with Gasteiger partial charge in [-0.1, -0.05) is 24.3 Å². The zero-order valence-electron chi connectivity index (χ0n) is 17.2. The molecule has 4 aliphatic heterocycles. The number of hydrogen-bond donors (Lipinski definition) is 3. The number of carbonyl (C=O) groups excluding carboxylic acids is 3. The van der Waals surface area contributed by atoms with Crippen LogP contribution in [0.2, 0.25) is 0 Å². The molecular weight excluding hydrogens is 414 g/mol. The van der Waals surface area contributed by atoms with E-state index in [1.807, 2.05) is 0 Å². The number of amides is 3. The van der Waals surface area contributed by atoms with Gasteiger partial charge in [-0.15, -0.1) is 0 Å². The first-order valence-electron chi connectivity index (χ1n) is 10.5. The molecule has 2 fully saturated rings. The monoisotopic (exact) mass is 435 g/mol. The number of fused-ring (bicyclic) bond motifs is 5. The summed E-state index contributed by atoms with van der Waals surface area (Å²) in [5.41, 5.74) is 0.528. The number of benzene rings is 2. The molecule has 32 heavy (non-hydrogen) atoms. The number of carbonyl (C=O) groups is 3. The Balaban J connectivity index is 1.41. The van der Waals surface area contributed by atoms with Gasteiger partial charge in [-0.05, 0) is 30.7 Å². The van der Waals surface area contributed by atoms with Crippen molar-refractivity contribution in [1.29, 1.82) is 0 Å². The van der Waals surface area contributed by atoms with Gasteiger partial charge in [0.1, 0.15) is 5.54 Å². The molecule has 2 aromatic rings. The molecule has 6 rings (SSSR count). The Morgan fingerprint density at radius 1 is 1.12 bits per heavy atom. The third-order valence-electron chi connectivity index (χ3n) is 6.95. The maximum Gasteiger partial charge on any atom is 0.250 e. The number of nitrogens with one attached hydrogen (secondary N) is 2. The fourth-order valence-electron chi connectivity index (χ4n) is 5.54. The quantitative estimate of drug-likeness (QED) is 0.608. The second kappa shape index (κ2) is 6.54. The normalized spacial score (nSPS) is 30.6. The standard InChI is InChI=1S/C23H21N3O6/c1-11(27)19-17-18(23(25-19)13-4-2-3-5-14(13)24-22(23)30)21(29)26(20(17)28)9-12-6-7-15-16(8-12)32-10-31-15/h2-8,11,17-19,25,27H,9-10H2,1H3,(H,24,30)/t11-,17-,18-,19-,23-/m0/s1. The van der Waals surface area contributed by atoms with Gasteiger partial charge in [-0.2, -0.15) is 0 Å². The van der Waals surface area contributed by atoms with E-state index in [-0.39, 0.29) is 19.2 Å². The molecular formula is C23H21N3O6. The molecule has 4 aliphatic rings. The predicted octanol–water partition coefficient (Wildman–Crippen LogP) is 0.717. The summed E-state index contributed by atoms with van der Waals surface area (Å²) in [4.78, 5) is 41.6. The van der Waals surface area contributed by atoms with E-state index in [0.29, 0.717) is 28.3 Å². The van der Waals surface area contributed by atoms with Gasteiger partial charge < -0.3 is 19.9 Å². The van der Waals surface area contributed by atoms with Crippen molar-refractivity contribution >= 4 is 23.4 Å². The molecule has 0 bridgehead atoms. The topological polar surface area (TPSA) is 117 Å². The highest BCUT2D eigenvalue weighted by molar-refractivity contribution is 6.15. The Kier molecular flexibility index (Phi) is 3.94. The summed E-state index contributed by atoms with van der Waals surface area (Å²) < 4.78 is 10.7. The molecule has 2 aromatic carbocycles. The average molecular weight is 435 g/mol. The van der Waals surface area contributed by atoms with Crippen LogP contribution in [-0.4, -0.2) is 46.7 Å². The Morgan fingerprint density at radius 3 is 2.72 bits per heavy atom. The summed E-state index contributed by atoms with van der Waals surface area (Å²) in [5, 5.41) is 16.5. The van der Waals surface area contributed by atoms with Gasteiger partial charge in [0.15, 0.2) is 11.5 Å². The number of anilines is 1. The molecule has 3 amide bonds. The maximum atomic E-state index is 13.7. The summed E-state index contributed by atoms with van der Waals surface area (Å²) in [7, 11) is 0. The van der Waals surface area contributed by atoms with E-state index in [1.54, 1.807) is 49.4 Å². The van der Waals surface area contributed by atoms with Crippen LogP contribution >= 0.6 is 0 Å². The van der Waals surface area contributed by atoms with Crippen LogP contribution in [0.3, 0.4) is 0 Å². The lowest BCUT2D eigenvalue weighted by atomic mass is 9.76. The summed E-state index contributed by atoms with van der Waals surface area (Å²) in [6.45, 7) is 1.74. The number of likely N-dealkylation sites (tertiary alicyclic amines) is 1. The van der Waals surface area contributed by atoms with E-state index in [1.165, 1.54) is 4.90 Å². The minimum atomic E-state index is -1.40. The molecule has 0 aliphatic carbocycles. The van der Waals surface area contributed by atoms with Crippen molar-refractivity contribution in [3.05, 3.63) is 53.6 Å². The Labute approximate surface area is 183 Å². The van der Waals surface area contributed by atoms with Crippen LogP contribution in [0.25, 0.3) is 0 Å². The van der Waals surface area contributed by atoms with Gasteiger partial charge in [-0.25, -0.2) is 0 Å². The molecule has 1 spiro atoms. The molecule has 9 nitrogen and oxygen atoms in total. The van der Waals surface area contributed by atoms with E-state index in [9.17, 15) is 19.5 Å². The fourth-order valence-corrected chi connectivity index (χ4v) is 5.54. The van der Waals surface area contributed by atoms with Gasteiger partial charge >= 0.3 is 0 Å². The molecule has 9 heteroatoms. The van der Waals surface area contributed by atoms with Crippen LogP contribution in [0.15, 0.2) is 42.5 Å². The molecule has 0 saturated carbocycles. The van der Waals surface area contributed by atoms with Crippen molar-refractivity contribution in [2.45, 2.75) is 31.2 Å². The number of para-hydroxylation sites is 1. The van der Waals surface area contributed by atoms with E-state index in [4.69, 9.17) is 9.47 Å². The number of nitrogens with zero attached hydrogens (tertiary/aromatic N) is 1. The van der Waals surface area contributed by atoms with Crippen molar-refractivity contribution in [3.63, 3.8) is 0 Å². The van der Waals surface area contributed by atoms with Crippen LogP contribution in [-0.2, 0) is 26.5 Å². The van der Waals surface area contributed by atoms with Gasteiger partial charge in [0.05, 0.1) is 24.5 Å². The summed E-state index contributed by atoms with van der Waals surface area (Å²) in [6, 6.07) is 11.7. The fraction of sp³-hybridized carbons (Fsp3) is 0.348. The lowest BCUT2D eigenvalue weighted by Gasteiger charge is -2.30. The molecule has 0 unspecified atom stereocenters. The van der Waals surface area contributed by atoms with Crippen LogP contribution < -0.4 is 20.1 Å². The first-order valence-corrected chi connectivity index (χ1v) is 10.5. The summed E-state index contributed by atoms with van der Waals surface area (Å²) in [6.07, 6.45) is -0.940. The Morgan fingerprint density at radius 2 is 1.91 bits per heavy atom. The second-order valence-electron chi connectivity index (χ2n) is 8.67. The SMILES string of the molecule is C[C@H](O)[C@@H]1N[C@]2(C(=O)Nc3ccccc32)[C@@H]2C(=O)N(Cc3ccc4c(c3)OCO4)C(=O)[C@H]12. The van der Waals surface area contributed by atoms with Crippen LogP contribution in [0, 0.1) is 11.8 Å². The van der Waals surface area contributed by atoms with Crippen LogP contribution in [0.4, 0.5) is 5.69 Å². The molecule has 4 heterocycles. The average Bonchev–Trinajstić information content (AvgIpc) is 3.50. The molecule has 2 saturated heterocycles. The second-order valence-corrected chi connectivity index (χ2v) is 8.67. The predicted molar refractivity (Wildman–Crippen MR) is 110 cm³/mol. The van der Waals surface area contributed by atoms with E-state index < -0.39 is 41.3 Å². The van der Waals surface area contributed by atoms with Crippen LogP contribution in [0.5, 0.6) is 11.5 Å². The number of rotatable bonds is 3. The number of aliphatic hydroxyl groups excluding tert-OH is 1. The zero-order chi connectivity index (χ0) is 22.2. The largest absolute Gasteiger partial charge is 0.454 e. The molecule has 0 radical (unpaired) electrons. The van der Waals surface area contributed by atoms with Gasteiger partial charge in [0.25, 0.3) is 0 Å². The first-order chi connectivity index (χ1) is 15.4. The summed E-state index contributed by atoms with van der Waals surface area (Å²) >= 11 is 0. The number of aliphatic hydroxyl groups is 1. The van der Waals surface area contributed by atoms with E-state index in [0.717, 1.165) is 0 Å². The zero-order valence-corrected chi connectivity index (χ0v) is 17.2. The molecule has 5 atom stereocenters.